The number of anilines is 2. The fraction of sp³-hybridized carbons (Fsp3) is 0.208. The van der Waals surface area contributed by atoms with Crippen molar-refractivity contribution in [2.24, 2.45) is 0 Å². The van der Waals surface area contributed by atoms with Crippen LogP contribution < -0.4 is 9.62 Å². The number of carbonyl (C=O) groups is 1. The molecule has 1 amide bonds. The van der Waals surface area contributed by atoms with Gasteiger partial charge in [-0.15, -0.1) is 0 Å². The molecule has 0 aliphatic carbocycles. The summed E-state index contributed by atoms with van der Waals surface area (Å²) in [5.74, 6) is -0.202. The highest BCUT2D eigenvalue weighted by Gasteiger charge is 2.32. The normalized spacial score (nSPS) is 13.5. The van der Waals surface area contributed by atoms with Crippen molar-refractivity contribution in [1.29, 1.82) is 0 Å². The maximum atomic E-state index is 13.9. The van der Waals surface area contributed by atoms with E-state index in [0.717, 1.165) is 21.4 Å². The summed E-state index contributed by atoms with van der Waals surface area (Å²) in [4.78, 5) is 15.6. The molecule has 30 heavy (non-hydrogen) atoms. The molecule has 3 rings (SSSR count). The molecule has 0 spiro atoms. The summed E-state index contributed by atoms with van der Waals surface area (Å²) >= 11 is 3.44. The number of hydrogen-bond donors (Lipinski definition) is 1. The standard InChI is InChI=1S/C24H25BrN2O2S/c1-24(2,3)30(29)26-22(18-14-16-19(25)17-15-18)23(28)27(20-10-6-4-7-11-20)21-12-8-5-9-13-21/h4-17,22,26H,1-3H3/t22-,30+/m1/s1. The van der Waals surface area contributed by atoms with E-state index >= 15 is 0 Å². The van der Waals surface area contributed by atoms with Crippen LogP contribution in [0.5, 0.6) is 0 Å². The zero-order chi connectivity index (χ0) is 21.7. The van der Waals surface area contributed by atoms with E-state index in [4.69, 9.17) is 0 Å². The van der Waals surface area contributed by atoms with Gasteiger partial charge in [-0.2, -0.15) is 0 Å². The van der Waals surface area contributed by atoms with Gasteiger partial charge in [-0.25, -0.2) is 8.93 Å². The SMILES string of the molecule is CC(C)(C)[S@](=O)N[C@@H](C(=O)N(c1ccccc1)c1ccccc1)c1ccc(Br)cc1. The Morgan fingerprint density at radius 1 is 0.867 bits per heavy atom. The highest BCUT2D eigenvalue weighted by atomic mass is 79.9. The van der Waals surface area contributed by atoms with Crippen molar-refractivity contribution >= 4 is 44.2 Å². The fourth-order valence-corrected chi connectivity index (χ4v) is 3.96. The Kier molecular flexibility index (Phi) is 7.23. The van der Waals surface area contributed by atoms with Crippen LogP contribution in [0.15, 0.2) is 89.4 Å². The van der Waals surface area contributed by atoms with Crippen molar-refractivity contribution in [2.45, 2.75) is 31.6 Å². The first-order valence-corrected chi connectivity index (χ1v) is 11.6. The molecular formula is C24H25BrN2O2S. The van der Waals surface area contributed by atoms with E-state index in [1.165, 1.54) is 0 Å². The van der Waals surface area contributed by atoms with Crippen molar-refractivity contribution < 1.29 is 9.00 Å². The van der Waals surface area contributed by atoms with Crippen molar-refractivity contribution in [1.82, 2.24) is 4.72 Å². The van der Waals surface area contributed by atoms with Crippen LogP contribution in [0.2, 0.25) is 0 Å². The monoisotopic (exact) mass is 484 g/mol. The molecule has 0 aromatic heterocycles. The van der Waals surface area contributed by atoms with Crippen LogP contribution >= 0.6 is 15.9 Å². The molecule has 0 heterocycles. The minimum absolute atomic E-state index is 0.202. The van der Waals surface area contributed by atoms with Crippen LogP contribution in [0, 0.1) is 0 Å². The van der Waals surface area contributed by atoms with Crippen LogP contribution in [0.3, 0.4) is 0 Å². The lowest BCUT2D eigenvalue weighted by molar-refractivity contribution is -0.119. The van der Waals surface area contributed by atoms with E-state index in [2.05, 4.69) is 20.7 Å². The van der Waals surface area contributed by atoms with Gasteiger partial charge in [-0.05, 0) is 62.7 Å². The summed E-state index contributed by atoms with van der Waals surface area (Å²) in [5.41, 5.74) is 2.25. The smallest absolute Gasteiger partial charge is 0.254 e. The second-order valence-corrected chi connectivity index (χ2v) is 10.7. The lowest BCUT2D eigenvalue weighted by Gasteiger charge is -2.30. The summed E-state index contributed by atoms with van der Waals surface area (Å²) in [6.45, 7) is 5.64. The summed E-state index contributed by atoms with van der Waals surface area (Å²) in [5, 5.41) is 0. The molecule has 0 unspecified atom stereocenters. The number of carbonyl (C=O) groups excluding carboxylic acids is 1. The molecule has 3 aromatic carbocycles. The molecule has 0 aliphatic rings. The molecule has 156 valence electrons. The number of amides is 1. The summed E-state index contributed by atoms with van der Waals surface area (Å²) in [6.07, 6.45) is 0. The number of halogens is 1. The van der Waals surface area contributed by atoms with Crippen molar-refractivity contribution in [3.05, 3.63) is 95.0 Å². The quantitative estimate of drug-likeness (QED) is 0.472. The lowest BCUT2D eigenvalue weighted by atomic mass is 10.1. The Labute approximate surface area is 189 Å². The Bertz CT molecular complexity index is 963. The highest BCUT2D eigenvalue weighted by Crippen LogP contribution is 2.30. The van der Waals surface area contributed by atoms with Gasteiger partial charge in [0.05, 0.1) is 15.7 Å². The van der Waals surface area contributed by atoms with E-state index in [0.29, 0.717) is 0 Å². The molecule has 2 atom stereocenters. The number of hydrogen-bond acceptors (Lipinski definition) is 2. The van der Waals surface area contributed by atoms with E-state index in [1.807, 2.05) is 106 Å². The molecular weight excluding hydrogens is 460 g/mol. The van der Waals surface area contributed by atoms with E-state index in [1.54, 1.807) is 4.90 Å². The van der Waals surface area contributed by atoms with E-state index in [9.17, 15) is 9.00 Å². The summed E-state index contributed by atoms with van der Waals surface area (Å²) in [7, 11) is -1.43. The van der Waals surface area contributed by atoms with Crippen LogP contribution in [0.4, 0.5) is 11.4 Å². The van der Waals surface area contributed by atoms with Gasteiger partial charge in [0.1, 0.15) is 6.04 Å². The zero-order valence-electron chi connectivity index (χ0n) is 17.2. The van der Waals surface area contributed by atoms with Crippen molar-refractivity contribution in [3.63, 3.8) is 0 Å². The topological polar surface area (TPSA) is 49.4 Å². The van der Waals surface area contributed by atoms with Crippen LogP contribution in [0.25, 0.3) is 0 Å². The van der Waals surface area contributed by atoms with Gasteiger partial charge in [-0.1, -0.05) is 64.5 Å². The minimum atomic E-state index is -1.43. The van der Waals surface area contributed by atoms with Gasteiger partial charge in [0.25, 0.3) is 5.91 Å². The first kappa shape index (κ1) is 22.4. The van der Waals surface area contributed by atoms with Gasteiger partial charge >= 0.3 is 0 Å². The first-order valence-electron chi connectivity index (χ1n) is 9.65. The maximum Gasteiger partial charge on any atom is 0.254 e. The van der Waals surface area contributed by atoms with E-state index < -0.39 is 21.8 Å². The molecule has 0 radical (unpaired) electrons. The Morgan fingerprint density at radius 2 is 1.33 bits per heavy atom. The average Bonchev–Trinajstić information content (AvgIpc) is 2.73. The van der Waals surface area contributed by atoms with Gasteiger partial charge in [-0.3, -0.25) is 9.69 Å². The minimum Gasteiger partial charge on any atom is -0.279 e. The number of nitrogens with zero attached hydrogens (tertiary/aromatic N) is 1. The second-order valence-electron chi connectivity index (χ2n) is 7.83. The largest absolute Gasteiger partial charge is 0.279 e. The van der Waals surface area contributed by atoms with Crippen LogP contribution in [-0.2, 0) is 15.8 Å². The van der Waals surface area contributed by atoms with Crippen molar-refractivity contribution in [3.8, 4) is 0 Å². The Balaban J connectivity index is 2.08. The molecule has 3 aromatic rings. The predicted molar refractivity (Wildman–Crippen MR) is 128 cm³/mol. The lowest BCUT2D eigenvalue weighted by Crippen LogP contribution is -2.43. The third-order valence-corrected chi connectivity index (χ3v) is 6.57. The Hall–Kier alpha value is -2.28. The summed E-state index contributed by atoms with van der Waals surface area (Å²) < 4.78 is 16.4. The average molecular weight is 485 g/mol. The molecule has 0 aliphatic heterocycles. The van der Waals surface area contributed by atoms with Crippen LogP contribution in [0.1, 0.15) is 32.4 Å². The maximum absolute atomic E-state index is 13.9. The Morgan fingerprint density at radius 3 is 1.77 bits per heavy atom. The van der Waals surface area contributed by atoms with Crippen molar-refractivity contribution in [2.75, 3.05) is 4.90 Å². The number of para-hydroxylation sites is 2. The molecule has 1 N–H and O–H groups in total. The third kappa shape index (κ3) is 5.45. The number of benzene rings is 3. The number of rotatable bonds is 6. The number of nitrogens with one attached hydrogen (secondary N) is 1. The zero-order valence-corrected chi connectivity index (χ0v) is 19.6. The fourth-order valence-electron chi connectivity index (χ4n) is 2.89. The molecule has 0 saturated heterocycles. The molecule has 0 fully saturated rings. The molecule has 0 bridgehead atoms. The first-order chi connectivity index (χ1) is 14.3. The third-order valence-electron chi connectivity index (χ3n) is 4.48. The van der Waals surface area contributed by atoms with Gasteiger partial charge < -0.3 is 0 Å². The van der Waals surface area contributed by atoms with Gasteiger partial charge in [0, 0.05) is 15.8 Å². The van der Waals surface area contributed by atoms with Crippen LogP contribution in [-0.4, -0.2) is 14.9 Å². The molecule has 4 nitrogen and oxygen atoms in total. The highest BCUT2D eigenvalue weighted by molar-refractivity contribution is 9.10. The predicted octanol–water partition coefficient (Wildman–Crippen LogP) is 5.91. The van der Waals surface area contributed by atoms with Gasteiger partial charge in [0.2, 0.25) is 0 Å². The van der Waals surface area contributed by atoms with Gasteiger partial charge in [0.15, 0.2) is 0 Å². The van der Waals surface area contributed by atoms with E-state index in [-0.39, 0.29) is 5.91 Å². The molecule has 6 heteroatoms. The summed E-state index contributed by atoms with van der Waals surface area (Å²) in [6, 6.07) is 25.7. The molecule has 0 saturated carbocycles. The second kappa shape index (κ2) is 9.69.